The van der Waals surface area contributed by atoms with Crippen LogP contribution < -0.4 is 10.6 Å². The molecule has 0 spiro atoms. The second-order valence-electron chi connectivity index (χ2n) is 7.27. The third-order valence-corrected chi connectivity index (χ3v) is 5.15. The summed E-state index contributed by atoms with van der Waals surface area (Å²) < 4.78 is 14.8. The van der Waals surface area contributed by atoms with E-state index in [-0.39, 0.29) is 23.7 Å². The third-order valence-electron chi connectivity index (χ3n) is 5.15. The van der Waals surface area contributed by atoms with Gasteiger partial charge in [-0.3, -0.25) is 9.69 Å². The molecule has 132 valence electrons. The lowest BCUT2D eigenvalue weighted by Gasteiger charge is -2.36. The van der Waals surface area contributed by atoms with Crippen molar-refractivity contribution in [3.63, 3.8) is 0 Å². The molecule has 1 unspecified atom stereocenters. The summed E-state index contributed by atoms with van der Waals surface area (Å²) in [6.45, 7) is 7.51. The van der Waals surface area contributed by atoms with Crippen LogP contribution in [-0.2, 0) is 17.8 Å². The van der Waals surface area contributed by atoms with Crippen LogP contribution >= 0.6 is 0 Å². The Morgan fingerprint density at radius 3 is 2.71 bits per heavy atom. The summed E-state index contributed by atoms with van der Waals surface area (Å²) in [6.07, 6.45) is 4.18. The molecule has 1 saturated heterocycles. The molecule has 0 bridgehead atoms. The van der Waals surface area contributed by atoms with Crippen LogP contribution in [0.3, 0.4) is 0 Å². The van der Waals surface area contributed by atoms with Gasteiger partial charge in [-0.15, -0.1) is 0 Å². The number of amides is 1. The first-order chi connectivity index (χ1) is 11.6. The molecule has 1 amide bonds. The molecule has 2 aliphatic heterocycles. The van der Waals surface area contributed by atoms with Crippen molar-refractivity contribution in [3.05, 3.63) is 29.1 Å². The largest absolute Gasteiger partial charge is 0.322 e. The second-order valence-corrected chi connectivity index (χ2v) is 7.27. The molecule has 4 nitrogen and oxygen atoms in total. The maximum absolute atomic E-state index is 14.8. The molecule has 1 fully saturated rings. The molecule has 0 radical (unpaired) electrons. The van der Waals surface area contributed by atoms with Crippen LogP contribution in [0.25, 0.3) is 0 Å². The van der Waals surface area contributed by atoms with E-state index in [1.165, 1.54) is 6.42 Å². The zero-order valence-corrected chi connectivity index (χ0v) is 14.7. The predicted octanol–water partition coefficient (Wildman–Crippen LogP) is 2.92. The summed E-state index contributed by atoms with van der Waals surface area (Å²) in [4.78, 5) is 15.1. The van der Waals surface area contributed by atoms with Crippen LogP contribution in [-0.4, -0.2) is 36.5 Å². The topological polar surface area (TPSA) is 44.4 Å². The average Bonchev–Trinajstić information content (AvgIpc) is 2.58. The lowest BCUT2D eigenvalue weighted by Crippen LogP contribution is -2.49. The van der Waals surface area contributed by atoms with Gasteiger partial charge in [0.15, 0.2) is 0 Å². The Labute approximate surface area is 143 Å². The smallest absolute Gasteiger partial charge is 0.242 e. The zero-order valence-electron chi connectivity index (χ0n) is 14.7. The third kappa shape index (κ3) is 3.62. The fourth-order valence-electron chi connectivity index (χ4n) is 3.92. The molecule has 0 aliphatic carbocycles. The fraction of sp³-hybridized carbons (Fsp3) is 0.632. The predicted molar refractivity (Wildman–Crippen MR) is 94.5 cm³/mol. The standard InChI is InChI=1S/C19H28FN3O/c1-13(2)18(23-10-4-3-5-11-23)19(24)22-16-7-6-14-12-21-9-8-15(14)17(16)20/h6-7,13,18,21H,3-5,8-12H2,1-2H3,(H,22,24). The summed E-state index contributed by atoms with van der Waals surface area (Å²) >= 11 is 0. The van der Waals surface area contributed by atoms with Crippen molar-refractivity contribution in [1.82, 2.24) is 10.2 Å². The Morgan fingerprint density at radius 2 is 2.00 bits per heavy atom. The second kappa shape index (κ2) is 7.62. The van der Waals surface area contributed by atoms with Crippen molar-refractivity contribution in [2.45, 2.75) is 52.1 Å². The number of halogens is 1. The van der Waals surface area contributed by atoms with Crippen molar-refractivity contribution in [2.75, 3.05) is 25.0 Å². The summed E-state index contributed by atoms with van der Waals surface area (Å²) in [5.74, 6) is -0.142. The molecule has 1 aromatic rings. The number of hydrogen-bond acceptors (Lipinski definition) is 3. The summed E-state index contributed by atoms with van der Waals surface area (Å²) in [5, 5.41) is 6.11. The first-order valence-electron chi connectivity index (χ1n) is 9.14. The van der Waals surface area contributed by atoms with Crippen LogP contribution in [0, 0.1) is 11.7 Å². The number of fused-ring (bicyclic) bond motifs is 1. The van der Waals surface area contributed by atoms with Gasteiger partial charge in [0.05, 0.1) is 11.7 Å². The van der Waals surface area contributed by atoms with Crippen LogP contribution in [0.4, 0.5) is 10.1 Å². The van der Waals surface area contributed by atoms with Gasteiger partial charge in [-0.25, -0.2) is 4.39 Å². The van der Waals surface area contributed by atoms with Crippen LogP contribution in [0.15, 0.2) is 12.1 Å². The monoisotopic (exact) mass is 333 g/mol. The Morgan fingerprint density at radius 1 is 1.25 bits per heavy atom. The number of nitrogens with zero attached hydrogens (tertiary/aromatic N) is 1. The van der Waals surface area contributed by atoms with Gasteiger partial charge in [0, 0.05) is 6.54 Å². The summed E-state index contributed by atoms with van der Waals surface area (Å²) in [6, 6.07) is 3.43. The highest BCUT2D eigenvalue weighted by Crippen LogP contribution is 2.26. The van der Waals surface area contributed by atoms with E-state index in [9.17, 15) is 9.18 Å². The normalized spacial score (nSPS) is 19.8. The molecule has 1 aromatic carbocycles. The van der Waals surface area contributed by atoms with Gasteiger partial charge in [0.25, 0.3) is 0 Å². The number of anilines is 1. The quantitative estimate of drug-likeness (QED) is 0.890. The average molecular weight is 333 g/mol. The van der Waals surface area contributed by atoms with E-state index >= 15 is 0 Å². The van der Waals surface area contributed by atoms with Crippen molar-refractivity contribution < 1.29 is 9.18 Å². The van der Waals surface area contributed by atoms with Crippen LogP contribution in [0.5, 0.6) is 0 Å². The minimum atomic E-state index is -0.261. The highest BCUT2D eigenvalue weighted by molar-refractivity contribution is 5.95. The van der Waals surface area contributed by atoms with Gasteiger partial charge in [-0.05, 0) is 62.0 Å². The van der Waals surface area contributed by atoms with Crippen LogP contribution in [0.2, 0.25) is 0 Å². The van der Waals surface area contributed by atoms with E-state index in [0.717, 1.165) is 43.6 Å². The maximum Gasteiger partial charge on any atom is 0.242 e. The molecule has 24 heavy (non-hydrogen) atoms. The molecule has 2 aliphatic rings. The number of hydrogen-bond donors (Lipinski definition) is 2. The molecule has 2 N–H and O–H groups in total. The van der Waals surface area contributed by atoms with E-state index in [2.05, 4.69) is 29.4 Å². The number of likely N-dealkylation sites (tertiary alicyclic amines) is 1. The van der Waals surface area contributed by atoms with E-state index in [1.807, 2.05) is 6.07 Å². The van der Waals surface area contributed by atoms with Gasteiger partial charge in [0.1, 0.15) is 5.82 Å². The molecule has 5 heteroatoms. The Kier molecular flexibility index (Phi) is 5.51. The highest BCUT2D eigenvalue weighted by atomic mass is 19.1. The molecule has 3 rings (SSSR count). The molecule has 2 heterocycles. The first kappa shape index (κ1) is 17.4. The number of carbonyl (C=O) groups excluding carboxylic acids is 1. The number of carbonyl (C=O) groups is 1. The summed E-state index contributed by atoms with van der Waals surface area (Å²) in [7, 11) is 0. The Balaban J connectivity index is 1.77. The van der Waals surface area contributed by atoms with Crippen molar-refractivity contribution in [2.24, 2.45) is 5.92 Å². The number of piperidine rings is 1. The Bertz CT molecular complexity index is 597. The Hall–Kier alpha value is -1.46. The van der Waals surface area contributed by atoms with Gasteiger partial charge in [-0.1, -0.05) is 26.3 Å². The number of benzene rings is 1. The van der Waals surface area contributed by atoms with E-state index in [1.54, 1.807) is 6.07 Å². The lowest BCUT2D eigenvalue weighted by atomic mass is 9.97. The lowest BCUT2D eigenvalue weighted by molar-refractivity contribution is -0.123. The maximum atomic E-state index is 14.8. The van der Waals surface area contributed by atoms with Crippen molar-refractivity contribution in [3.8, 4) is 0 Å². The minimum absolute atomic E-state index is 0.0836. The van der Waals surface area contributed by atoms with Gasteiger partial charge < -0.3 is 10.6 Å². The molecular formula is C19H28FN3O. The number of rotatable bonds is 4. The zero-order chi connectivity index (χ0) is 17.1. The fourth-order valence-corrected chi connectivity index (χ4v) is 3.92. The number of nitrogens with one attached hydrogen (secondary N) is 2. The molecular weight excluding hydrogens is 305 g/mol. The SMILES string of the molecule is CC(C)C(C(=O)Nc1ccc2c(c1F)CCNC2)N1CCCCC1. The van der Waals surface area contributed by atoms with Gasteiger partial charge in [-0.2, -0.15) is 0 Å². The van der Waals surface area contributed by atoms with Gasteiger partial charge >= 0.3 is 0 Å². The van der Waals surface area contributed by atoms with E-state index in [0.29, 0.717) is 18.7 Å². The minimum Gasteiger partial charge on any atom is -0.322 e. The molecule has 0 aromatic heterocycles. The first-order valence-corrected chi connectivity index (χ1v) is 9.14. The van der Waals surface area contributed by atoms with Crippen molar-refractivity contribution >= 4 is 11.6 Å². The summed E-state index contributed by atoms with van der Waals surface area (Å²) in [5.41, 5.74) is 2.06. The highest BCUT2D eigenvalue weighted by Gasteiger charge is 2.30. The van der Waals surface area contributed by atoms with Gasteiger partial charge in [0.2, 0.25) is 5.91 Å². The molecule has 1 atom stereocenters. The van der Waals surface area contributed by atoms with E-state index < -0.39 is 0 Å². The van der Waals surface area contributed by atoms with Crippen LogP contribution in [0.1, 0.15) is 44.2 Å². The molecule has 0 saturated carbocycles. The van der Waals surface area contributed by atoms with Crippen molar-refractivity contribution in [1.29, 1.82) is 0 Å². The van der Waals surface area contributed by atoms with E-state index in [4.69, 9.17) is 0 Å².